The summed E-state index contributed by atoms with van der Waals surface area (Å²) in [5.41, 5.74) is 11.7. The van der Waals surface area contributed by atoms with Gasteiger partial charge in [-0.3, -0.25) is 0 Å². The van der Waals surface area contributed by atoms with Gasteiger partial charge >= 0.3 is 0 Å². The monoisotopic (exact) mass is 485 g/mol. The van der Waals surface area contributed by atoms with E-state index in [1.54, 1.807) is 0 Å². The maximum absolute atomic E-state index is 5.13. The molecule has 6 aromatic rings. The summed E-state index contributed by atoms with van der Waals surface area (Å²) in [5, 5.41) is 6.51. The van der Waals surface area contributed by atoms with Crippen LogP contribution in [0.4, 0.5) is 0 Å². The van der Waals surface area contributed by atoms with Gasteiger partial charge in [-0.05, 0) is 105 Å². The summed E-state index contributed by atoms with van der Waals surface area (Å²) in [4.78, 5) is 5.13. The molecule has 8 rings (SSSR count). The summed E-state index contributed by atoms with van der Waals surface area (Å²) in [7, 11) is 0. The number of nitrogens with zero attached hydrogens (tertiary/aromatic N) is 1. The van der Waals surface area contributed by atoms with E-state index in [4.69, 9.17) is 4.98 Å². The Morgan fingerprint density at radius 3 is 2.29 bits per heavy atom. The van der Waals surface area contributed by atoms with Crippen LogP contribution in [0.1, 0.15) is 35.1 Å². The van der Waals surface area contributed by atoms with Gasteiger partial charge in [-0.15, -0.1) is 0 Å². The summed E-state index contributed by atoms with van der Waals surface area (Å²) < 4.78 is 0. The lowest BCUT2D eigenvalue weighted by molar-refractivity contribution is 0.988. The highest BCUT2D eigenvalue weighted by atomic mass is 14.7. The van der Waals surface area contributed by atoms with Crippen molar-refractivity contribution in [1.82, 2.24) is 4.98 Å². The number of fused-ring (bicyclic) bond motifs is 7. The molecule has 0 saturated carbocycles. The smallest absolute Gasteiger partial charge is 0.0712 e. The van der Waals surface area contributed by atoms with Crippen LogP contribution in [0.15, 0.2) is 103 Å². The van der Waals surface area contributed by atoms with Crippen LogP contribution in [-0.4, -0.2) is 4.98 Å². The zero-order valence-electron chi connectivity index (χ0n) is 21.2. The molecule has 0 aliphatic heterocycles. The van der Waals surface area contributed by atoms with Crippen molar-refractivity contribution in [3.05, 3.63) is 125 Å². The van der Waals surface area contributed by atoms with Crippen LogP contribution in [0.25, 0.3) is 67.0 Å². The minimum Gasteiger partial charge on any atom is -0.248 e. The van der Waals surface area contributed by atoms with Crippen molar-refractivity contribution in [3.8, 4) is 22.4 Å². The van der Waals surface area contributed by atoms with E-state index in [1.165, 1.54) is 65.9 Å². The third-order valence-corrected chi connectivity index (χ3v) is 8.38. The fourth-order valence-corrected chi connectivity index (χ4v) is 6.63. The van der Waals surface area contributed by atoms with Crippen molar-refractivity contribution in [2.24, 2.45) is 0 Å². The normalized spacial score (nSPS) is 14.2. The molecule has 0 amide bonds. The van der Waals surface area contributed by atoms with Crippen LogP contribution in [-0.2, 0) is 12.8 Å². The molecule has 38 heavy (non-hydrogen) atoms. The molecule has 2 aliphatic carbocycles. The lowest BCUT2D eigenvalue weighted by Crippen LogP contribution is -2.02. The number of para-hydroxylation sites is 1. The van der Waals surface area contributed by atoms with E-state index in [1.807, 2.05) is 0 Å². The number of rotatable bonds is 2. The Morgan fingerprint density at radius 2 is 1.34 bits per heavy atom. The molecule has 0 saturated heterocycles. The van der Waals surface area contributed by atoms with Gasteiger partial charge in [-0.2, -0.15) is 0 Å². The van der Waals surface area contributed by atoms with Crippen LogP contribution < -0.4 is 0 Å². The second kappa shape index (κ2) is 8.53. The number of hydrogen-bond donors (Lipinski definition) is 0. The van der Waals surface area contributed by atoms with E-state index >= 15 is 0 Å². The van der Waals surface area contributed by atoms with E-state index in [0.29, 0.717) is 0 Å². The van der Waals surface area contributed by atoms with E-state index in [0.717, 1.165) is 36.9 Å². The van der Waals surface area contributed by atoms with E-state index < -0.39 is 0 Å². The molecule has 180 valence electrons. The quantitative estimate of drug-likeness (QED) is 0.222. The third kappa shape index (κ3) is 3.28. The summed E-state index contributed by atoms with van der Waals surface area (Å²) in [5.74, 6) is 0. The molecule has 0 bridgehead atoms. The van der Waals surface area contributed by atoms with Gasteiger partial charge in [-0.1, -0.05) is 91.0 Å². The summed E-state index contributed by atoms with van der Waals surface area (Å²) in [6.45, 7) is 0. The van der Waals surface area contributed by atoms with Crippen LogP contribution >= 0.6 is 0 Å². The van der Waals surface area contributed by atoms with Crippen molar-refractivity contribution in [1.29, 1.82) is 0 Å². The van der Waals surface area contributed by atoms with Crippen molar-refractivity contribution in [2.75, 3.05) is 0 Å². The minimum atomic E-state index is 1.04. The molecular weight excluding hydrogens is 458 g/mol. The van der Waals surface area contributed by atoms with Crippen molar-refractivity contribution >= 4 is 44.6 Å². The SMILES string of the molecule is C1=Cc2cccc(-c3cc4cc(-c5ccc6ccccc6n5)c5c(c4c4ccccc34)C=CCC5)c2CC1. The third-order valence-electron chi connectivity index (χ3n) is 8.38. The molecule has 1 nitrogen and oxygen atoms in total. The minimum absolute atomic E-state index is 1.04. The first-order valence-corrected chi connectivity index (χ1v) is 13.7. The highest BCUT2D eigenvalue weighted by Crippen LogP contribution is 2.44. The van der Waals surface area contributed by atoms with E-state index in [2.05, 4.69) is 115 Å². The average Bonchev–Trinajstić information content (AvgIpc) is 2.99. The molecule has 2 aliphatic rings. The number of aromatic nitrogens is 1. The first-order chi connectivity index (χ1) is 18.8. The largest absolute Gasteiger partial charge is 0.248 e. The van der Waals surface area contributed by atoms with Gasteiger partial charge in [0.2, 0.25) is 0 Å². The van der Waals surface area contributed by atoms with Gasteiger partial charge in [0.15, 0.2) is 0 Å². The van der Waals surface area contributed by atoms with E-state index in [9.17, 15) is 0 Å². The number of benzene rings is 5. The van der Waals surface area contributed by atoms with Gasteiger partial charge in [-0.25, -0.2) is 4.98 Å². The van der Waals surface area contributed by atoms with Gasteiger partial charge in [0.1, 0.15) is 0 Å². The second-order valence-corrected chi connectivity index (χ2v) is 10.5. The summed E-state index contributed by atoms with van der Waals surface area (Å²) >= 11 is 0. The Hall–Kier alpha value is -4.49. The Balaban J connectivity index is 1.47. The fourth-order valence-electron chi connectivity index (χ4n) is 6.63. The van der Waals surface area contributed by atoms with Gasteiger partial charge in [0, 0.05) is 10.9 Å². The molecule has 0 atom stereocenters. The molecule has 0 unspecified atom stereocenters. The van der Waals surface area contributed by atoms with Crippen LogP contribution in [0.5, 0.6) is 0 Å². The fraction of sp³-hybridized carbons (Fsp3) is 0.108. The van der Waals surface area contributed by atoms with Crippen LogP contribution in [0.2, 0.25) is 0 Å². The second-order valence-electron chi connectivity index (χ2n) is 10.5. The highest BCUT2D eigenvalue weighted by molar-refractivity contribution is 6.18. The molecule has 1 heterocycles. The molecule has 1 heteroatoms. The van der Waals surface area contributed by atoms with Gasteiger partial charge in [0.25, 0.3) is 0 Å². The topological polar surface area (TPSA) is 12.9 Å². The summed E-state index contributed by atoms with van der Waals surface area (Å²) in [6.07, 6.45) is 13.6. The van der Waals surface area contributed by atoms with Crippen molar-refractivity contribution in [2.45, 2.75) is 25.7 Å². The Bertz CT molecular complexity index is 1970. The predicted molar refractivity (Wildman–Crippen MR) is 162 cm³/mol. The number of allylic oxidation sites excluding steroid dienone is 2. The first kappa shape index (κ1) is 21.6. The van der Waals surface area contributed by atoms with Crippen LogP contribution in [0, 0.1) is 0 Å². The zero-order valence-corrected chi connectivity index (χ0v) is 21.2. The average molecular weight is 486 g/mol. The number of hydrogen-bond acceptors (Lipinski definition) is 1. The van der Waals surface area contributed by atoms with Crippen LogP contribution in [0.3, 0.4) is 0 Å². The lowest BCUT2D eigenvalue weighted by Gasteiger charge is -2.22. The molecule has 5 aromatic carbocycles. The standard InChI is InChI=1S/C37H27N/c1-3-13-27-24(10-1)12-9-18-28(27)33-22-26-23-34(36-21-20-25-11-2-8-19-35(25)38-36)30-15-5-7-17-32(30)37(26)31-16-6-4-14-29(31)33/h1-2,4,6-12,14,16-23H,3,5,13,15H2. The highest BCUT2D eigenvalue weighted by Gasteiger charge is 2.21. The molecule has 0 radical (unpaired) electrons. The molecule has 1 aromatic heterocycles. The maximum atomic E-state index is 5.13. The van der Waals surface area contributed by atoms with E-state index in [-0.39, 0.29) is 0 Å². The summed E-state index contributed by atoms with van der Waals surface area (Å²) in [6, 6.07) is 33.4. The molecule has 0 spiro atoms. The Kier molecular flexibility index (Phi) is 4.85. The first-order valence-electron chi connectivity index (χ1n) is 13.7. The van der Waals surface area contributed by atoms with Gasteiger partial charge < -0.3 is 0 Å². The number of pyridine rings is 1. The molecular formula is C37H27N. The molecule has 0 fully saturated rings. The lowest BCUT2D eigenvalue weighted by atomic mass is 9.82. The predicted octanol–water partition coefficient (Wildman–Crippen LogP) is 9.79. The van der Waals surface area contributed by atoms with Gasteiger partial charge in [0.05, 0.1) is 11.2 Å². The Morgan fingerprint density at radius 1 is 0.553 bits per heavy atom. The maximum Gasteiger partial charge on any atom is 0.0712 e. The molecule has 0 N–H and O–H groups in total. The Labute approximate surface area is 222 Å². The van der Waals surface area contributed by atoms with Crippen molar-refractivity contribution < 1.29 is 0 Å². The zero-order chi connectivity index (χ0) is 25.1. The van der Waals surface area contributed by atoms with Crippen molar-refractivity contribution in [3.63, 3.8) is 0 Å².